The van der Waals surface area contributed by atoms with Gasteiger partial charge in [0.05, 0.1) is 44.3 Å². The molecule has 1 aliphatic rings. The summed E-state index contributed by atoms with van der Waals surface area (Å²) in [5.41, 5.74) is 0.634. The molecule has 3 aromatic rings. The van der Waals surface area contributed by atoms with Gasteiger partial charge in [0.1, 0.15) is 17.3 Å². The van der Waals surface area contributed by atoms with Crippen molar-refractivity contribution in [3.05, 3.63) is 79.4 Å². The van der Waals surface area contributed by atoms with E-state index in [-0.39, 0.29) is 17.4 Å². The molecule has 7 nitrogen and oxygen atoms in total. The Balaban J connectivity index is 1.64. The zero-order valence-corrected chi connectivity index (χ0v) is 19.3. The number of ether oxygens (including phenoxy) is 1. The molecule has 1 saturated heterocycles. The van der Waals surface area contributed by atoms with Crippen LogP contribution < -0.4 is 9.64 Å². The van der Waals surface area contributed by atoms with E-state index in [0.29, 0.717) is 42.0 Å². The monoisotopic (exact) mass is 506 g/mol. The quantitative estimate of drug-likeness (QED) is 0.167. The van der Waals surface area contributed by atoms with Gasteiger partial charge in [-0.1, -0.05) is 47.2 Å². The van der Waals surface area contributed by atoms with Crippen molar-refractivity contribution >= 4 is 74.9 Å². The number of rotatable bonds is 5. The van der Waals surface area contributed by atoms with E-state index in [1.54, 1.807) is 42.5 Å². The molecule has 162 valence electrons. The fraction of sp³-hybridized carbons (Fsp3) is 0.0476. The number of nitrogens with zero attached hydrogens (tertiary/aromatic N) is 2. The molecule has 0 radical (unpaired) electrons. The summed E-state index contributed by atoms with van der Waals surface area (Å²) in [6, 6.07) is 12.5. The van der Waals surface area contributed by atoms with Gasteiger partial charge in [-0.05, 0) is 42.5 Å². The van der Waals surface area contributed by atoms with Gasteiger partial charge in [0.15, 0.2) is 4.32 Å². The van der Waals surface area contributed by atoms with Crippen molar-refractivity contribution in [2.45, 2.75) is 0 Å². The number of furan rings is 1. The average Bonchev–Trinajstić information content (AvgIpc) is 3.34. The zero-order chi connectivity index (χ0) is 23.0. The predicted molar refractivity (Wildman–Crippen MR) is 129 cm³/mol. The lowest BCUT2D eigenvalue weighted by Crippen LogP contribution is -2.27. The summed E-state index contributed by atoms with van der Waals surface area (Å²) in [7, 11) is 1.43. The van der Waals surface area contributed by atoms with Crippen molar-refractivity contribution < 1.29 is 18.9 Å². The Kier molecular flexibility index (Phi) is 6.25. The molecule has 0 spiro atoms. The number of nitro benzene ring substituents is 1. The third-order valence-electron chi connectivity index (χ3n) is 4.52. The maximum absolute atomic E-state index is 12.9. The number of anilines is 1. The molecular formula is C21H12Cl2N2O5S2. The number of carbonyl (C=O) groups is 1. The fourth-order valence-corrected chi connectivity index (χ4v) is 4.59. The molecule has 11 heteroatoms. The van der Waals surface area contributed by atoms with Crippen LogP contribution in [0.3, 0.4) is 0 Å². The summed E-state index contributed by atoms with van der Waals surface area (Å²) in [5.74, 6) is 0.648. The number of halogens is 2. The minimum atomic E-state index is -0.511. The minimum Gasteiger partial charge on any atom is -0.497 e. The predicted octanol–water partition coefficient (Wildman–Crippen LogP) is 6.58. The Morgan fingerprint density at radius 2 is 1.94 bits per heavy atom. The molecule has 0 atom stereocenters. The maximum Gasteiger partial charge on any atom is 0.284 e. The fourth-order valence-electron chi connectivity index (χ4n) is 3.02. The van der Waals surface area contributed by atoms with Crippen LogP contribution in [0.25, 0.3) is 17.4 Å². The molecule has 32 heavy (non-hydrogen) atoms. The topological polar surface area (TPSA) is 85.8 Å². The molecule has 0 N–H and O–H groups in total. The summed E-state index contributed by atoms with van der Waals surface area (Å²) >= 11 is 18.5. The summed E-state index contributed by atoms with van der Waals surface area (Å²) in [6.07, 6.45) is 1.54. The van der Waals surface area contributed by atoms with Crippen molar-refractivity contribution in [2.75, 3.05) is 12.0 Å². The van der Waals surface area contributed by atoms with Gasteiger partial charge in [-0.25, -0.2) is 0 Å². The molecule has 1 aliphatic heterocycles. The first kappa shape index (κ1) is 22.3. The van der Waals surface area contributed by atoms with Crippen molar-refractivity contribution in [1.29, 1.82) is 0 Å². The van der Waals surface area contributed by atoms with Crippen molar-refractivity contribution in [3.8, 4) is 17.1 Å². The number of carbonyl (C=O) groups excluding carboxylic acids is 1. The lowest BCUT2D eigenvalue weighted by molar-refractivity contribution is -0.384. The van der Waals surface area contributed by atoms with E-state index in [1.165, 1.54) is 24.2 Å². The summed E-state index contributed by atoms with van der Waals surface area (Å²) in [4.78, 5) is 25.6. The van der Waals surface area contributed by atoms with Gasteiger partial charge in [0.2, 0.25) is 0 Å². The number of thioether (sulfide) groups is 1. The van der Waals surface area contributed by atoms with Crippen LogP contribution in [-0.2, 0) is 4.79 Å². The van der Waals surface area contributed by atoms with Crippen LogP contribution in [0.5, 0.6) is 5.75 Å². The number of thiocarbonyl (C=S) groups is 1. The highest BCUT2D eigenvalue weighted by molar-refractivity contribution is 8.27. The molecule has 1 fully saturated rings. The third-order valence-corrected chi connectivity index (χ3v) is 6.56. The van der Waals surface area contributed by atoms with E-state index in [9.17, 15) is 14.9 Å². The standard InChI is InChI=1S/C21H12Cl2N2O5S2/c1-29-12-3-5-14(17(9-12)25(27)28)18-7-4-13(30-18)10-19-20(26)24(21(31)32-19)11-2-6-15(22)16(23)8-11/h2-10H,1H3/b19-10-. The minimum absolute atomic E-state index is 0.156. The molecule has 0 unspecified atom stereocenters. The Bertz CT molecular complexity index is 1310. The van der Waals surface area contributed by atoms with Gasteiger partial charge in [-0.15, -0.1) is 0 Å². The number of amides is 1. The maximum atomic E-state index is 12.9. The molecule has 2 heterocycles. The third kappa shape index (κ3) is 4.24. The lowest BCUT2D eigenvalue weighted by atomic mass is 10.1. The van der Waals surface area contributed by atoms with E-state index < -0.39 is 4.92 Å². The molecule has 0 aliphatic carbocycles. The summed E-state index contributed by atoms with van der Waals surface area (Å²) in [6.45, 7) is 0. The Labute approximate surface area is 201 Å². The Morgan fingerprint density at radius 1 is 1.16 bits per heavy atom. The smallest absolute Gasteiger partial charge is 0.284 e. The second-order valence-electron chi connectivity index (χ2n) is 6.46. The number of nitro groups is 1. The van der Waals surface area contributed by atoms with E-state index >= 15 is 0 Å². The first-order chi connectivity index (χ1) is 15.3. The number of benzene rings is 2. The first-order valence-electron chi connectivity index (χ1n) is 8.94. The van der Waals surface area contributed by atoms with Crippen molar-refractivity contribution in [2.24, 2.45) is 0 Å². The van der Waals surface area contributed by atoms with E-state index in [0.717, 1.165) is 11.8 Å². The van der Waals surface area contributed by atoms with Crippen LogP contribution in [0.4, 0.5) is 11.4 Å². The molecule has 0 saturated carbocycles. The number of hydrogen-bond acceptors (Lipinski definition) is 7. The summed E-state index contributed by atoms with van der Waals surface area (Å²) in [5, 5.41) is 12.1. The normalized spacial score (nSPS) is 15.0. The van der Waals surface area contributed by atoms with Crippen LogP contribution in [0.1, 0.15) is 5.76 Å². The van der Waals surface area contributed by atoms with Crippen LogP contribution in [-0.4, -0.2) is 22.3 Å². The second kappa shape index (κ2) is 8.95. The molecule has 2 aromatic carbocycles. The first-order valence-corrected chi connectivity index (χ1v) is 10.9. The number of methoxy groups -OCH3 is 1. The molecular weight excluding hydrogens is 495 g/mol. The molecule has 4 rings (SSSR count). The van der Waals surface area contributed by atoms with Crippen molar-refractivity contribution in [1.82, 2.24) is 0 Å². The lowest BCUT2D eigenvalue weighted by Gasteiger charge is -2.15. The highest BCUT2D eigenvalue weighted by atomic mass is 35.5. The van der Waals surface area contributed by atoms with Crippen LogP contribution in [0, 0.1) is 10.1 Å². The van der Waals surface area contributed by atoms with E-state index in [1.807, 2.05) is 0 Å². The van der Waals surface area contributed by atoms with E-state index in [2.05, 4.69) is 0 Å². The van der Waals surface area contributed by atoms with Gasteiger partial charge in [-0.2, -0.15) is 0 Å². The molecule has 1 amide bonds. The number of hydrogen-bond donors (Lipinski definition) is 0. The molecule has 0 bridgehead atoms. The Morgan fingerprint density at radius 3 is 2.62 bits per heavy atom. The van der Waals surface area contributed by atoms with Gasteiger partial charge in [-0.3, -0.25) is 19.8 Å². The second-order valence-corrected chi connectivity index (χ2v) is 8.95. The SMILES string of the molecule is COc1ccc(-c2ccc(/C=C3\SC(=S)N(c4ccc(Cl)c(Cl)c4)C3=O)o2)c([N+](=O)[O-])c1. The largest absolute Gasteiger partial charge is 0.497 e. The van der Waals surface area contributed by atoms with Gasteiger partial charge in [0.25, 0.3) is 11.6 Å². The van der Waals surface area contributed by atoms with Crippen molar-refractivity contribution in [3.63, 3.8) is 0 Å². The zero-order valence-electron chi connectivity index (χ0n) is 16.2. The highest BCUT2D eigenvalue weighted by Crippen LogP contribution is 2.39. The van der Waals surface area contributed by atoms with Crippen LogP contribution >= 0.6 is 47.2 Å². The van der Waals surface area contributed by atoms with Gasteiger partial charge in [0, 0.05) is 6.08 Å². The summed E-state index contributed by atoms with van der Waals surface area (Å²) < 4.78 is 11.2. The molecule has 1 aromatic heterocycles. The van der Waals surface area contributed by atoms with Gasteiger partial charge >= 0.3 is 0 Å². The Hall–Kier alpha value is -2.85. The van der Waals surface area contributed by atoms with Crippen LogP contribution in [0.15, 0.2) is 57.9 Å². The van der Waals surface area contributed by atoms with Crippen LogP contribution in [0.2, 0.25) is 10.0 Å². The van der Waals surface area contributed by atoms with Gasteiger partial charge < -0.3 is 9.15 Å². The highest BCUT2D eigenvalue weighted by Gasteiger charge is 2.34. The average molecular weight is 507 g/mol. The van der Waals surface area contributed by atoms with E-state index in [4.69, 9.17) is 44.6 Å².